The lowest BCUT2D eigenvalue weighted by atomic mass is 10.4. The molecule has 0 unspecified atom stereocenters. The monoisotopic (exact) mass is 170 g/mol. The fourth-order valence-corrected chi connectivity index (χ4v) is 1.37. The van der Waals surface area contributed by atoms with Gasteiger partial charge in [-0.05, 0) is 32.4 Å². The summed E-state index contributed by atoms with van der Waals surface area (Å²) in [4.78, 5) is 0. The summed E-state index contributed by atoms with van der Waals surface area (Å²) in [5, 5.41) is 7.66. The molecular formula is C7H11N2OP. The van der Waals surface area contributed by atoms with Gasteiger partial charge in [-0.15, -0.1) is 5.10 Å². The molecule has 0 amide bonds. The highest BCUT2D eigenvalue weighted by Gasteiger charge is 2.11. The molecule has 0 N–H and O–H groups in total. The summed E-state index contributed by atoms with van der Waals surface area (Å²) in [6.45, 7) is 5.23. The van der Waals surface area contributed by atoms with Crippen molar-refractivity contribution in [2.45, 2.75) is 6.92 Å². The summed E-state index contributed by atoms with van der Waals surface area (Å²) in [7, 11) is -2.21. The van der Waals surface area contributed by atoms with Gasteiger partial charge >= 0.3 is 0 Å². The summed E-state index contributed by atoms with van der Waals surface area (Å²) >= 11 is 0. The quantitative estimate of drug-likeness (QED) is 0.591. The Kier molecular flexibility index (Phi) is 2.10. The maximum atomic E-state index is 11.4. The minimum atomic E-state index is -2.21. The average Bonchev–Trinajstić information content (AvgIpc) is 1.86. The van der Waals surface area contributed by atoms with E-state index in [1.807, 2.05) is 13.0 Å². The molecule has 11 heavy (non-hydrogen) atoms. The van der Waals surface area contributed by atoms with Gasteiger partial charge in [-0.1, -0.05) is 0 Å². The normalized spacial score (nSPS) is 11.5. The smallest absolute Gasteiger partial charge is 0.129 e. The molecule has 0 bridgehead atoms. The van der Waals surface area contributed by atoms with Crippen molar-refractivity contribution in [1.29, 1.82) is 0 Å². The molecule has 1 heterocycles. The maximum Gasteiger partial charge on any atom is 0.129 e. The van der Waals surface area contributed by atoms with E-state index in [4.69, 9.17) is 0 Å². The van der Waals surface area contributed by atoms with Gasteiger partial charge < -0.3 is 4.57 Å². The zero-order valence-corrected chi connectivity index (χ0v) is 7.80. The van der Waals surface area contributed by atoms with E-state index < -0.39 is 7.14 Å². The van der Waals surface area contributed by atoms with Crippen LogP contribution in [0, 0.1) is 6.92 Å². The molecule has 0 aliphatic rings. The lowest BCUT2D eigenvalue weighted by Gasteiger charge is -2.03. The molecule has 0 atom stereocenters. The lowest BCUT2D eigenvalue weighted by Crippen LogP contribution is -2.09. The zero-order valence-electron chi connectivity index (χ0n) is 6.90. The first-order chi connectivity index (χ1) is 5.00. The van der Waals surface area contributed by atoms with Gasteiger partial charge in [0.2, 0.25) is 0 Å². The number of hydrogen-bond donors (Lipinski definition) is 0. The summed E-state index contributed by atoms with van der Waals surface area (Å²) in [5.74, 6) is 0. The first-order valence-corrected chi connectivity index (χ1v) is 5.96. The van der Waals surface area contributed by atoms with Gasteiger partial charge in [-0.25, -0.2) is 0 Å². The largest absolute Gasteiger partial charge is 0.318 e. The van der Waals surface area contributed by atoms with Crippen molar-refractivity contribution < 1.29 is 4.57 Å². The van der Waals surface area contributed by atoms with E-state index in [0.717, 1.165) is 5.69 Å². The minimum Gasteiger partial charge on any atom is -0.318 e. The van der Waals surface area contributed by atoms with Crippen LogP contribution in [0.5, 0.6) is 0 Å². The van der Waals surface area contributed by atoms with Crippen molar-refractivity contribution in [2.75, 3.05) is 13.3 Å². The molecule has 0 saturated carbocycles. The Hall–Kier alpha value is -0.690. The van der Waals surface area contributed by atoms with Crippen molar-refractivity contribution in [1.82, 2.24) is 10.2 Å². The molecule has 60 valence electrons. The first kappa shape index (κ1) is 8.41. The highest BCUT2D eigenvalue weighted by atomic mass is 31.2. The van der Waals surface area contributed by atoms with Gasteiger partial charge in [0, 0.05) is 0 Å². The molecule has 0 aromatic carbocycles. The van der Waals surface area contributed by atoms with Crippen LogP contribution in [0.2, 0.25) is 0 Å². The number of hydrogen-bond acceptors (Lipinski definition) is 3. The second kappa shape index (κ2) is 2.74. The second-order valence-corrected chi connectivity index (χ2v) is 6.04. The molecule has 0 aliphatic heterocycles. The molecular weight excluding hydrogens is 159 g/mol. The van der Waals surface area contributed by atoms with Crippen LogP contribution in [-0.4, -0.2) is 23.5 Å². The molecule has 1 aromatic rings. The van der Waals surface area contributed by atoms with Crippen LogP contribution < -0.4 is 5.44 Å². The molecule has 0 spiro atoms. The van der Waals surface area contributed by atoms with Crippen LogP contribution in [-0.2, 0) is 4.57 Å². The third-order valence-corrected chi connectivity index (χ3v) is 2.68. The summed E-state index contributed by atoms with van der Waals surface area (Å²) in [6, 6.07) is 3.59. The molecule has 0 fully saturated rings. The predicted octanol–water partition coefficient (Wildman–Crippen LogP) is 1.03. The highest BCUT2D eigenvalue weighted by Crippen LogP contribution is 2.32. The molecule has 0 radical (unpaired) electrons. The van der Waals surface area contributed by atoms with Crippen molar-refractivity contribution in [3.63, 3.8) is 0 Å². The van der Waals surface area contributed by atoms with E-state index in [2.05, 4.69) is 10.2 Å². The molecule has 3 nitrogen and oxygen atoms in total. The molecule has 0 aliphatic carbocycles. The number of aromatic nitrogens is 2. The molecule has 0 saturated heterocycles. The van der Waals surface area contributed by atoms with E-state index in [-0.39, 0.29) is 0 Å². The van der Waals surface area contributed by atoms with E-state index in [9.17, 15) is 4.57 Å². The van der Waals surface area contributed by atoms with Crippen LogP contribution >= 0.6 is 7.14 Å². The Balaban J connectivity index is 3.09. The van der Waals surface area contributed by atoms with Crippen LogP contribution in [0.3, 0.4) is 0 Å². The van der Waals surface area contributed by atoms with Crippen LogP contribution in [0.4, 0.5) is 0 Å². The molecule has 1 rings (SSSR count). The average molecular weight is 170 g/mol. The summed E-state index contributed by atoms with van der Waals surface area (Å²) in [5.41, 5.74) is 1.45. The van der Waals surface area contributed by atoms with Crippen LogP contribution in [0.15, 0.2) is 12.1 Å². The predicted molar refractivity (Wildman–Crippen MR) is 45.9 cm³/mol. The van der Waals surface area contributed by atoms with Crippen molar-refractivity contribution in [3.8, 4) is 0 Å². The van der Waals surface area contributed by atoms with E-state index >= 15 is 0 Å². The SMILES string of the molecule is Cc1ccc(P(C)(C)=O)nn1. The Morgan fingerprint density at radius 2 is 1.91 bits per heavy atom. The van der Waals surface area contributed by atoms with Crippen LogP contribution in [0.25, 0.3) is 0 Å². The van der Waals surface area contributed by atoms with Gasteiger partial charge in [-0.3, -0.25) is 0 Å². The highest BCUT2D eigenvalue weighted by molar-refractivity contribution is 7.69. The van der Waals surface area contributed by atoms with Crippen molar-refractivity contribution >= 4 is 12.6 Å². The summed E-state index contributed by atoms with van der Waals surface area (Å²) < 4.78 is 11.4. The third-order valence-electron chi connectivity index (χ3n) is 1.34. The molecule has 4 heteroatoms. The Bertz CT molecular complexity index is 288. The molecule has 1 aromatic heterocycles. The number of nitrogens with zero attached hydrogens (tertiary/aromatic N) is 2. The standard InChI is InChI=1S/C7H11N2OP/c1-6-4-5-7(9-8-6)11(2,3)10/h4-5H,1-3H3. The van der Waals surface area contributed by atoms with Gasteiger partial charge in [0.05, 0.1) is 5.69 Å². The van der Waals surface area contributed by atoms with Gasteiger partial charge in [-0.2, -0.15) is 5.10 Å². The Morgan fingerprint density at radius 1 is 1.27 bits per heavy atom. The third kappa shape index (κ3) is 2.12. The fourth-order valence-electron chi connectivity index (χ4n) is 0.679. The van der Waals surface area contributed by atoms with Crippen molar-refractivity contribution in [2.24, 2.45) is 0 Å². The Morgan fingerprint density at radius 3 is 2.27 bits per heavy atom. The fraction of sp³-hybridized carbons (Fsp3) is 0.429. The van der Waals surface area contributed by atoms with Gasteiger partial charge in [0.1, 0.15) is 12.6 Å². The van der Waals surface area contributed by atoms with E-state index in [0.29, 0.717) is 5.44 Å². The Labute approximate surface area is 66.2 Å². The van der Waals surface area contributed by atoms with Gasteiger partial charge in [0.15, 0.2) is 0 Å². The number of aryl methyl sites for hydroxylation is 1. The second-order valence-electron chi connectivity index (χ2n) is 2.88. The van der Waals surface area contributed by atoms with Crippen LogP contribution in [0.1, 0.15) is 5.69 Å². The van der Waals surface area contributed by atoms with E-state index in [1.165, 1.54) is 0 Å². The summed E-state index contributed by atoms with van der Waals surface area (Å²) in [6.07, 6.45) is 0. The topological polar surface area (TPSA) is 42.9 Å². The zero-order chi connectivity index (χ0) is 8.48. The minimum absolute atomic E-state index is 0.600. The first-order valence-electron chi connectivity index (χ1n) is 3.36. The van der Waals surface area contributed by atoms with E-state index in [1.54, 1.807) is 19.4 Å². The number of rotatable bonds is 1. The van der Waals surface area contributed by atoms with Gasteiger partial charge in [0.25, 0.3) is 0 Å². The lowest BCUT2D eigenvalue weighted by molar-refractivity contribution is 0.587. The maximum absolute atomic E-state index is 11.4. The van der Waals surface area contributed by atoms with Crippen molar-refractivity contribution in [3.05, 3.63) is 17.8 Å².